The molecule has 0 unspecified atom stereocenters. The first-order valence-electron chi connectivity index (χ1n) is 10.7. The molecule has 2 N–H and O–H groups in total. The Hall–Kier alpha value is -3.29. The maximum Gasteiger partial charge on any atom is 0.306 e. The van der Waals surface area contributed by atoms with E-state index in [1.165, 1.54) is 0 Å². The molecule has 0 saturated heterocycles. The van der Waals surface area contributed by atoms with E-state index < -0.39 is 11.9 Å². The van der Waals surface area contributed by atoms with Crippen LogP contribution in [0.5, 0.6) is 0 Å². The number of ether oxygens (including phenoxy) is 1. The van der Waals surface area contributed by atoms with E-state index >= 15 is 0 Å². The van der Waals surface area contributed by atoms with Crippen molar-refractivity contribution in [2.45, 2.75) is 35.6 Å². The SMILES string of the molecule is C[C@H](NC(=O)COC(=O)CCC(=O)Nc1ccc(Sc2ccc(Cl)cc2)cc1)c1ccccc1. The summed E-state index contributed by atoms with van der Waals surface area (Å²) >= 11 is 7.49. The summed E-state index contributed by atoms with van der Waals surface area (Å²) in [5, 5.41) is 6.21. The molecular formula is C26H25ClN2O4S. The second-order valence-electron chi connectivity index (χ2n) is 7.49. The standard InChI is InChI=1S/C26H25ClN2O4S/c1-18(19-5-3-2-4-6-19)28-25(31)17-33-26(32)16-15-24(30)29-21-9-13-23(14-10-21)34-22-11-7-20(27)8-12-22/h2-14,18H,15-17H2,1H3,(H,28,31)(H,29,30)/t18-/m0/s1. The number of nitrogens with one attached hydrogen (secondary N) is 2. The van der Waals surface area contributed by atoms with Crippen LogP contribution in [0.2, 0.25) is 5.02 Å². The van der Waals surface area contributed by atoms with Gasteiger partial charge in [0.05, 0.1) is 12.5 Å². The predicted molar refractivity (Wildman–Crippen MR) is 134 cm³/mol. The summed E-state index contributed by atoms with van der Waals surface area (Å²) in [7, 11) is 0. The zero-order valence-electron chi connectivity index (χ0n) is 18.6. The first-order valence-corrected chi connectivity index (χ1v) is 11.9. The monoisotopic (exact) mass is 496 g/mol. The largest absolute Gasteiger partial charge is 0.456 e. The van der Waals surface area contributed by atoms with Crippen LogP contribution in [0.1, 0.15) is 31.4 Å². The Kier molecular flexibility index (Phi) is 9.55. The highest BCUT2D eigenvalue weighted by atomic mass is 35.5. The van der Waals surface area contributed by atoms with Crippen LogP contribution in [-0.2, 0) is 19.1 Å². The number of carbonyl (C=O) groups is 3. The lowest BCUT2D eigenvalue weighted by molar-refractivity contribution is -0.149. The minimum atomic E-state index is -0.604. The molecule has 0 aliphatic rings. The van der Waals surface area contributed by atoms with Crippen LogP contribution < -0.4 is 10.6 Å². The minimum absolute atomic E-state index is 0.0395. The van der Waals surface area contributed by atoms with Crippen LogP contribution in [0.25, 0.3) is 0 Å². The van der Waals surface area contributed by atoms with Gasteiger partial charge >= 0.3 is 5.97 Å². The van der Waals surface area contributed by atoms with Crippen LogP contribution >= 0.6 is 23.4 Å². The van der Waals surface area contributed by atoms with E-state index in [0.717, 1.165) is 15.4 Å². The molecule has 1 atom stereocenters. The van der Waals surface area contributed by atoms with Gasteiger partial charge in [-0.2, -0.15) is 0 Å². The molecule has 3 rings (SSSR count). The molecule has 0 bridgehead atoms. The third kappa shape index (κ3) is 8.57. The topological polar surface area (TPSA) is 84.5 Å². The van der Waals surface area contributed by atoms with Crippen molar-refractivity contribution in [2.24, 2.45) is 0 Å². The molecule has 0 radical (unpaired) electrons. The van der Waals surface area contributed by atoms with Gasteiger partial charge in [0.1, 0.15) is 0 Å². The lowest BCUT2D eigenvalue weighted by atomic mass is 10.1. The van der Waals surface area contributed by atoms with Gasteiger partial charge in [-0.15, -0.1) is 0 Å². The lowest BCUT2D eigenvalue weighted by Gasteiger charge is -2.14. The van der Waals surface area contributed by atoms with Gasteiger partial charge in [0.25, 0.3) is 5.91 Å². The predicted octanol–water partition coefficient (Wildman–Crippen LogP) is 5.63. The van der Waals surface area contributed by atoms with Crippen LogP contribution in [0.4, 0.5) is 5.69 Å². The zero-order valence-corrected chi connectivity index (χ0v) is 20.2. The van der Waals surface area contributed by atoms with Crippen molar-refractivity contribution in [3.05, 3.63) is 89.4 Å². The summed E-state index contributed by atoms with van der Waals surface area (Å²) in [4.78, 5) is 38.1. The van der Waals surface area contributed by atoms with Gasteiger partial charge in [0, 0.05) is 26.9 Å². The van der Waals surface area contributed by atoms with E-state index in [2.05, 4.69) is 10.6 Å². The first kappa shape index (κ1) is 25.3. The smallest absolute Gasteiger partial charge is 0.306 e. The van der Waals surface area contributed by atoms with Crippen molar-refractivity contribution < 1.29 is 19.1 Å². The van der Waals surface area contributed by atoms with Crippen LogP contribution in [0, 0.1) is 0 Å². The number of hydrogen-bond acceptors (Lipinski definition) is 5. The summed E-state index contributed by atoms with van der Waals surface area (Å²) in [6.45, 7) is 1.46. The molecule has 0 heterocycles. The third-order valence-electron chi connectivity index (χ3n) is 4.78. The molecule has 2 amide bonds. The average molecular weight is 497 g/mol. The molecule has 6 nitrogen and oxygen atoms in total. The summed E-state index contributed by atoms with van der Waals surface area (Å²) in [6.07, 6.45) is -0.153. The van der Waals surface area contributed by atoms with Gasteiger partial charge in [0.15, 0.2) is 6.61 Å². The quantitative estimate of drug-likeness (QED) is 0.355. The van der Waals surface area contributed by atoms with Crippen LogP contribution in [0.15, 0.2) is 88.7 Å². The van der Waals surface area contributed by atoms with E-state index in [4.69, 9.17) is 16.3 Å². The molecular weight excluding hydrogens is 472 g/mol. The number of esters is 1. The van der Waals surface area contributed by atoms with E-state index in [-0.39, 0.29) is 31.4 Å². The normalized spacial score (nSPS) is 11.4. The van der Waals surface area contributed by atoms with Crippen LogP contribution in [-0.4, -0.2) is 24.4 Å². The van der Waals surface area contributed by atoms with Gasteiger partial charge in [-0.1, -0.05) is 53.7 Å². The fourth-order valence-corrected chi connectivity index (χ4v) is 3.95. The zero-order chi connectivity index (χ0) is 24.3. The molecule has 0 fully saturated rings. The Labute approximate surface area is 208 Å². The Morgan fingerprint density at radius 1 is 0.853 bits per heavy atom. The molecule has 34 heavy (non-hydrogen) atoms. The number of carbonyl (C=O) groups excluding carboxylic acids is 3. The number of halogens is 1. The van der Waals surface area contributed by atoms with E-state index in [1.807, 2.05) is 73.7 Å². The summed E-state index contributed by atoms with van der Waals surface area (Å²) in [5.74, 6) is -1.31. The molecule has 0 aromatic heterocycles. The Balaban J connectivity index is 1.35. The molecule has 3 aromatic rings. The lowest BCUT2D eigenvalue weighted by Crippen LogP contribution is -2.31. The molecule has 8 heteroatoms. The molecule has 0 saturated carbocycles. The highest BCUT2D eigenvalue weighted by Gasteiger charge is 2.13. The fourth-order valence-electron chi connectivity index (χ4n) is 3.01. The number of amides is 2. The molecule has 0 spiro atoms. The van der Waals surface area contributed by atoms with Crippen molar-refractivity contribution in [1.29, 1.82) is 0 Å². The minimum Gasteiger partial charge on any atom is -0.456 e. The van der Waals surface area contributed by atoms with E-state index in [0.29, 0.717) is 10.7 Å². The maximum atomic E-state index is 12.1. The van der Waals surface area contributed by atoms with Crippen molar-refractivity contribution in [2.75, 3.05) is 11.9 Å². The second kappa shape index (κ2) is 12.8. The number of rotatable bonds is 10. The Bertz CT molecular complexity index is 1110. The summed E-state index contributed by atoms with van der Waals surface area (Å²) in [6, 6.07) is 24.2. The Morgan fingerprint density at radius 3 is 2.12 bits per heavy atom. The first-order chi connectivity index (χ1) is 16.4. The van der Waals surface area contributed by atoms with Crippen molar-refractivity contribution >= 4 is 46.8 Å². The third-order valence-corrected chi connectivity index (χ3v) is 6.05. The second-order valence-corrected chi connectivity index (χ2v) is 9.07. The van der Waals surface area contributed by atoms with E-state index in [1.54, 1.807) is 23.9 Å². The van der Waals surface area contributed by atoms with Crippen molar-refractivity contribution in [3.8, 4) is 0 Å². The Morgan fingerprint density at radius 2 is 1.47 bits per heavy atom. The fraction of sp³-hybridized carbons (Fsp3) is 0.192. The van der Waals surface area contributed by atoms with Gasteiger partial charge in [-0.3, -0.25) is 14.4 Å². The average Bonchev–Trinajstić information content (AvgIpc) is 2.84. The van der Waals surface area contributed by atoms with Crippen molar-refractivity contribution in [3.63, 3.8) is 0 Å². The maximum absolute atomic E-state index is 12.1. The molecule has 0 aliphatic carbocycles. The number of anilines is 1. The molecule has 3 aromatic carbocycles. The highest BCUT2D eigenvalue weighted by molar-refractivity contribution is 7.99. The number of benzene rings is 3. The van der Waals surface area contributed by atoms with Gasteiger partial charge in [-0.25, -0.2) is 0 Å². The van der Waals surface area contributed by atoms with Crippen molar-refractivity contribution in [1.82, 2.24) is 5.32 Å². The summed E-state index contributed by atoms with van der Waals surface area (Å²) < 4.78 is 4.98. The van der Waals surface area contributed by atoms with Gasteiger partial charge in [0.2, 0.25) is 5.91 Å². The molecule has 0 aliphatic heterocycles. The number of hydrogen-bond donors (Lipinski definition) is 2. The summed E-state index contributed by atoms with van der Waals surface area (Å²) in [5.41, 5.74) is 1.59. The van der Waals surface area contributed by atoms with E-state index in [9.17, 15) is 14.4 Å². The van der Waals surface area contributed by atoms with Gasteiger partial charge in [-0.05, 0) is 61.0 Å². The van der Waals surface area contributed by atoms with Crippen LogP contribution in [0.3, 0.4) is 0 Å². The molecule has 176 valence electrons. The van der Waals surface area contributed by atoms with Gasteiger partial charge < -0.3 is 15.4 Å². The highest BCUT2D eigenvalue weighted by Crippen LogP contribution is 2.29.